The third-order valence-corrected chi connectivity index (χ3v) is 6.65. The third kappa shape index (κ3) is 7.21. The smallest absolute Gasteiger partial charge is 0.416 e. The van der Waals surface area contributed by atoms with Gasteiger partial charge >= 0.3 is 12.3 Å². The Labute approximate surface area is 220 Å². The Morgan fingerprint density at radius 3 is 2.38 bits per heavy atom. The van der Waals surface area contributed by atoms with Crippen LogP contribution < -0.4 is 5.32 Å². The first-order chi connectivity index (χ1) is 17.1. The average Bonchev–Trinajstić information content (AvgIpc) is 2.77. The summed E-state index contributed by atoms with van der Waals surface area (Å²) in [4.78, 5) is 43.9. The molecule has 0 saturated carbocycles. The molecule has 8 nitrogen and oxygen atoms in total. The van der Waals surface area contributed by atoms with Crippen molar-refractivity contribution in [2.24, 2.45) is 5.92 Å². The number of carbonyl (C=O) groups is 3. The highest BCUT2D eigenvalue weighted by atomic mass is 35.5. The van der Waals surface area contributed by atoms with Crippen LogP contribution >= 0.6 is 11.6 Å². The highest BCUT2D eigenvalue weighted by Crippen LogP contribution is 2.34. The van der Waals surface area contributed by atoms with Gasteiger partial charge in [0, 0.05) is 44.4 Å². The largest absolute Gasteiger partial charge is 0.444 e. The van der Waals surface area contributed by atoms with Gasteiger partial charge in [0.05, 0.1) is 17.5 Å². The second-order valence-electron chi connectivity index (χ2n) is 10.7. The lowest BCUT2D eigenvalue weighted by atomic mass is 9.87. The van der Waals surface area contributed by atoms with E-state index in [2.05, 4.69) is 5.32 Å². The van der Waals surface area contributed by atoms with Crippen LogP contribution in [0.4, 0.5) is 23.7 Å². The molecule has 206 valence electrons. The van der Waals surface area contributed by atoms with Gasteiger partial charge in [-0.1, -0.05) is 11.6 Å². The number of alkyl halides is 3. The summed E-state index contributed by atoms with van der Waals surface area (Å²) >= 11 is 5.91. The number of amides is 3. The highest BCUT2D eigenvalue weighted by molar-refractivity contribution is 6.31. The van der Waals surface area contributed by atoms with Crippen LogP contribution in [0.5, 0.6) is 0 Å². The highest BCUT2D eigenvalue weighted by Gasteiger charge is 2.44. The van der Waals surface area contributed by atoms with Crippen molar-refractivity contribution in [3.05, 3.63) is 28.8 Å². The fraction of sp³-hybridized carbons (Fsp3) is 0.640. The van der Waals surface area contributed by atoms with Gasteiger partial charge in [-0.25, -0.2) is 4.79 Å². The molecule has 1 aromatic carbocycles. The zero-order valence-electron chi connectivity index (χ0n) is 21.7. The normalized spacial score (nSPS) is 23.1. The fourth-order valence-corrected chi connectivity index (χ4v) is 5.00. The van der Waals surface area contributed by atoms with Gasteiger partial charge in [-0.3, -0.25) is 9.59 Å². The SMILES string of the molecule is CN(C)C(=O)[C@H]1CCN(C(=O)OC(C)(C)C)C[C@@H]1N1CCCC(Nc2cc(Cl)cc(C(F)(F)F)c2)C1=O. The second-order valence-corrected chi connectivity index (χ2v) is 11.2. The predicted molar refractivity (Wildman–Crippen MR) is 133 cm³/mol. The van der Waals surface area contributed by atoms with Crippen LogP contribution in [-0.2, 0) is 20.5 Å². The van der Waals surface area contributed by atoms with E-state index in [9.17, 15) is 27.6 Å². The van der Waals surface area contributed by atoms with Crippen molar-refractivity contribution in [2.75, 3.05) is 39.0 Å². The minimum atomic E-state index is -4.59. The molecule has 2 aliphatic rings. The van der Waals surface area contributed by atoms with Crippen LogP contribution in [0.25, 0.3) is 0 Å². The molecule has 3 rings (SSSR count). The van der Waals surface area contributed by atoms with E-state index in [-0.39, 0.29) is 29.1 Å². The minimum absolute atomic E-state index is 0.0833. The number of anilines is 1. The number of benzene rings is 1. The molecule has 0 spiro atoms. The summed E-state index contributed by atoms with van der Waals surface area (Å²) in [5, 5.41) is 2.81. The lowest BCUT2D eigenvalue weighted by Gasteiger charge is -2.46. The van der Waals surface area contributed by atoms with Gasteiger partial charge in [-0.2, -0.15) is 13.2 Å². The van der Waals surface area contributed by atoms with Gasteiger partial charge in [-0.15, -0.1) is 0 Å². The zero-order valence-corrected chi connectivity index (χ0v) is 22.4. The summed E-state index contributed by atoms with van der Waals surface area (Å²) in [6, 6.07) is 1.68. The van der Waals surface area contributed by atoms with E-state index in [4.69, 9.17) is 16.3 Å². The van der Waals surface area contributed by atoms with E-state index < -0.39 is 41.4 Å². The summed E-state index contributed by atoms with van der Waals surface area (Å²) in [5.74, 6) is -1.02. The molecule has 37 heavy (non-hydrogen) atoms. The van der Waals surface area contributed by atoms with Crippen molar-refractivity contribution in [1.29, 1.82) is 0 Å². The molecule has 12 heteroatoms. The van der Waals surface area contributed by atoms with Crippen LogP contribution in [-0.4, -0.2) is 84.0 Å². The molecule has 2 aliphatic heterocycles. The maximum atomic E-state index is 13.6. The quantitative estimate of drug-likeness (QED) is 0.602. The van der Waals surface area contributed by atoms with Crippen LogP contribution in [0.2, 0.25) is 5.02 Å². The van der Waals surface area contributed by atoms with Crippen LogP contribution in [0.3, 0.4) is 0 Å². The number of likely N-dealkylation sites (tertiary alicyclic amines) is 2. The summed E-state index contributed by atoms with van der Waals surface area (Å²) in [6.45, 7) is 6.07. The first-order valence-electron chi connectivity index (χ1n) is 12.2. The molecule has 2 saturated heterocycles. The molecule has 0 aromatic heterocycles. The maximum Gasteiger partial charge on any atom is 0.416 e. The number of hydrogen-bond acceptors (Lipinski definition) is 5. The number of ether oxygens (including phenoxy) is 1. The minimum Gasteiger partial charge on any atom is -0.444 e. The van der Waals surface area contributed by atoms with E-state index in [0.717, 1.165) is 12.1 Å². The molecule has 2 heterocycles. The lowest BCUT2D eigenvalue weighted by Crippen LogP contribution is -2.62. The summed E-state index contributed by atoms with van der Waals surface area (Å²) < 4.78 is 45.3. The number of hydrogen-bond donors (Lipinski definition) is 1. The third-order valence-electron chi connectivity index (χ3n) is 6.43. The van der Waals surface area contributed by atoms with Gasteiger partial charge in [0.25, 0.3) is 0 Å². The summed E-state index contributed by atoms with van der Waals surface area (Å²) in [6.07, 6.45) is -3.78. The first-order valence-corrected chi connectivity index (χ1v) is 12.6. The van der Waals surface area contributed by atoms with Crippen molar-refractivity contribution < 1.29 is 32.3 Å². The Bertz CT molecular complexity index is 1030. The van der Waals surface area contributed by atoms with E-state index in [0.29, 0.717) is 32.4 Å². The van der Waals surface area contributed by atoms with Crippen molar-refractivity contribution in [2.45, 2.75) is 63.9 Å². The second kappa shape index (κ2) is 11.0. The van der Waals surface area contributed by atoms with E-state index >= 15 is 0 Å². The Hall–Kier alpha value is -2.69. The Morgan fingerprint density at radius 2 is 1.78 bits per heavy atom. The number of carbonyl (C=O) groups excluding carboxylic acids is 3. The summed E-state index contributed by atoms with van der Waals surface area (Å²) in [7, 11) is 3.28. The standard InChI is InChI=1S/C25H34ClF3N4O4/c1-24(2,3)37-23(36)32-10-8-18(21(34)31(4)5)20(14-32)33-9-6-7-19(22(33)35)30-17-12-15(25(27,28)29)11-16(26)13-17/h11-13,18-20,30H,6-10,14H2,1-5H3/t18-,19?,20-/m0/s1. The van der Waals surface area contributed by atoms with Gasteiger partial charge in [0.2, 0.25) is 11.8 Å². The Kier molecular flexibility index (Phi) is 8.56. The van der Waals surface area contributed by atoms with Gasteiger partial charge in [0.15, 0.2) is 0 Å². The zero-order chi connectivity index (χ0) is 27.7. The first kappa shape index (κ1) is 28.9. The topological polar surface area (TPSA) is 82.2 Å². The number of nitrogens with one attached hydrogen (secondary N) is 1. The van der Waals surface area contributed by atoms with E-state index in [1.807, 2.05) is 0 Å². The van der Waals surface area contributed by atoms with Crippen LogP contribution in [0, 0.1) is 5.92 Å². The molecular weight excluding hydrogens is 513 g/mol. The van der Waals surface area contributed by atoms with Gasteiger partial charge in [0.1, 0.15) is 11.6 Å². The van der Waals surface area contributed by atoms with Crippen molar-refractivity contribution >= 4 is 35.2 Å². The molecule has 3 atom stereocenters. The number of piperidine rings is 2. The Balaban J connectivity index is 1.84. The van der Waals surface area contributed by atoms with Crippen molar-refractivity contribution in [1.82, 2.24) is 14.7 Å². The van der Waals surface area contributed by atoms with Crippen molar-refractivity contribution in [3.8, 4) is 0 Å². The Morgan fingerprint density at radius 1 is 1.11 bits per heavy atom. The van der Waals surface area contributed by atoms with E-state index in [1.54, 1.807) is 39.8 Å². The van der Waals surface area contributed by atoms with E-state index in [1.165, 1.54) is 15.9 Å². The summed E-state index contributed by atoms with van der Waals surface area (Å²) in [5.41, 5.74) is -1.54. The maximum absolute atomic E-state index is 13.6. The van der Waals surface area contributed by atoms with Gasteiger partial charge in [-0.05, 0) is 58.2 Å². The monoisotopic (exact) mass is 546 g/mol. The predicted octanol–water partition coefficient (Wildman–Crippen LogP) is 4.48. The van der Waals surface area contributed by atoms with Crippen LogP contribution in [0.15, 0.2) is 18.2 Å². The molecule has 1 unspecified atom stereocenters. The average molecular weight is 547 g/mol. The lowest BCUT2D eigenvalue weighted by molar-refractivity contribution is -0.146. The molecule has 2 fully saturated rings. The number of rotatable bonds is 4. The molecule has 3 amide bonds. The molecule has 0 aliphatic carbocycles. The number of halogens is 4. The number of nitrogens with zero attached hydrogens (tertiary/aromatic N) is 3. The fourth-order valence-electron chi connectivity index (χ4n) is 4.76. The van der Waals surface area contributed by atoms with Gasteiger partial charge < -0.3 is 24.8 Å². The molecular formula is C25H34ClF3N4O4. The van der Waals surface area contributed by atoms with Crippen molar-refractivity contribution in [3.63, 3.8) is 0 Å². The molecule has 1 N–H and O–H groups in total. The molecule has 0 radical (unpaired) electrons. The van der Waals surface area contributed by atoms with Crippen LogP contribution in [0.1, 0.15) is 45.6 Å². The molecule has 0 bridgehead atoms. The molecule has 1 aromatic rings.